The maximum Gasteiger partial charge on any atom is 0.122 e. The molecule has 0 aliphatic rings. The number of rotatable bonds is 2. The summed E-state index contributed by atoms with van der Waals surface area (Å²) >= 11 is 0. The van der Waals surface area contributed by atoms with Gasteiger partial charge in [0.15, 0.2) is 0 Å². The van der Waals surface area contributed by atoms with Crippen LogP contribution in [0.2, 0.25) is 0 Å². The fraction of sp³-hybridized carbons (Fsp3) is 0.0667. The fourth-order valence-electron chi connectivity index (χ4n) is 2.05. The molecule has 1 aromatic carbocycles. The smallest absolute Gasteiger partial charge is 0.122 e. The van der Waals surface area contributed by atoms with Gasteiger partial charge in [-0.2, -0.15) is 0 Å². The van der Waals surface area contributed by atoms with Gasteiger partial charge in [0.25, 0.3) is 0 Å². The van der Waals surface area contributed by atoms with E-state index in [9.17, 15) is 5.11 Å². The molecule has 0 saturated carbocycles. The van der Waals surface area contributed by atoms with Crippen molar-refractivity contribution in [3.05, 3.63) is 72.2 Å². The molecule has 3 nitrogen and oxygen atoms in total. The number of pyridine rings is 2. The molecule has 0 aliphatic heterocycles. The maximum absolute atomic E-state index is 10.4. The second-order valence-corrected chi connectivity index (χ2v) is 4.07. The summed E-state index contributed by atoms with van der Waals surface area (Å²) < 4.78 is 0. The largest absolute Gasteiger partial charge is 0.382 e. The number of aliphatic hydroxyl groups is 1. The third kappa shape index (κ3) is 1.85. The van der Waals surface area contributed by atoms with Gasteiger partial charge in [0.05, 0.1) is 11.2 Å². The monoisotopic (exact) mass is 236 g/mol. The van der Waals surface area contributed by atoms with Crippen LogP contribution in [0.3, 0.4) is 0 Å². The molecule has 1 atom stereocenters. The Labute approximate surface area is 105 Å². The molecule has 2 heterocycles. The lowest BCUT2D eigenvalue weighted by Crippen LogP contribution is -2.03. The van der Waals surface area contributed by atoms with Crippen LogP contribution in [0.15, 0.2) is 60.9 Å². The van der Waals surface area contributed by atoms with Crippen molar-refractivity contribution in [1.29, 1.82) is 0 Å². The number of aromatic nitrogens is 2. The molecule has 0 unspecified atom stereocenters. The molecule has 2 aromatic heterocycles. The number of benzene rings is 1. The molecular formula is C15H12N2O. The summed E-state index contributed by atoms with van der Waals surface area (Å²) in [5, 5.41) is 11.4. The summed E-state index contributed by atoms with van der Waals surface area (Å²) in [7, 11) is 0. The molecule has 3 heteroatoms. The average Bonchev–Trinajstić information content (AvgIpc) is 2.47. The first-order valence-electron chi connectivity index (χ1n) is 5.79. The Morgan fingerprint density at radius 2 is 1.67 bits per heavy atom. The Balaban J connectivity index is 2.15. The predicted molar refractivity (Wildman–Crippen MR) is 70.0 cm³/mol. The molecule has 0 bridgehead atoms. The summed E-state index contributed by atoms with van der Waals surface area (Å²) in [4.78, 5) is 8.48. The summed E-state index contributed by atoms with van der Waals surface area (Å²) in [5.74, 6) is 0. The number of hydrogen-bond donors (Lipinski definition) is 1. The van der Waals surface area contributed by atoms with Crippen LogP contribution in [0.1, 0.15) is 17.4 Å². The van der Waals surface area contributed by atoms with E-state index >= 15 is 0 Å². The van der Waals surface area contributed by atoms with Gasteiger partial charge >= 0.3 is 0 Å². The van der Waals surface area contributed by atoms with E-state index in [-0.39, 0.29) is 0 Å². The predicted octanol–water partition coefficient (Wildman–Crippen LogP) is 2.71. The fourth-order valence-corrected chi connectivity index (χ4v) is 2.05. The van der Waals surface area contributed by atoms with Crippen LogP contribution in [0, 0.1) is 0 Å². The Morgan fingerprint density at radius 1 is 0.833 bits per heavy atom. The van der Waals surface area contributed by atoms with E-state index < -0.39 is 6.10 Å². The van der Waals surface area contributed by atoms with E-state index in [4.69, 9.17) is 0 Å². The average molecular weight is 236 g/mol. The van der Waals surface area contributed by atoms with Crippen molar-refractivity contribution in [2.24, 2.45) is 0 Å². The number of nitrogens with zero attached hydrogens (tertiary/aromatic N) is 2. The van der Waals surface area contributed by atoms with Gasteiger partial charge in [-0.15, -0.1) is 0 Å². The molecule has 0 fully saturated rings. The van der Waals surface area contributed by atoms with Gasteiger partial charge in [-0.1, -0.05) is 24.3 Å². The van der Waals surface area contributed by atoms with Crippen molar-refractivity contribution in [3.63, 3.8) is 0 Å². The molecule has 0 radical (unpaired) electrons. The van der Waals surface area contributed by atoms with Crippen molar-refractivity contribution in [2.45, 2.75) is 6.10 Å². The van der Waals surface area contributed by atoms with Gasteiger partial charge < -0.3 is 5.11 Å². The lowest BCUT2D eigenvalue weighted by molar-refractivity contribution is 0.217. The minimum atomic E-state index is -0.723. The van der Waals surface area contributed by atoms with E-state index in [0.717, 1.165) is 16.5 Å². The second kappa shape index (κ2) is 4.55. The highest BCUT2D eigenvalue weighted by Gasteiger charge is 2.14. The van der Waals surface area contributed by atoms with E-state index in [1.165, 1.54) is 0 Å². The zero-order chi connectivity index (χ0) is 12.4. The third-order valence-electron chi connectivity index (χ3n) is 2.95. The van der Waals surface area contributed by atoms with Gasteiger partial charge in [0, 0.05) is 17.8 Å². The zero-order valence-corrected chi connectivity index (χ0v) is 9.69. The van der Waals surface area contributed by atoms with E-state index in [0.29, 0.717) is 5.69 Å². The Kier molecular flexibility index (Phi) is 2.74. The van der Waals surface area contributed by atoms with E-state index in [2.05, 4.69) is 9.97 Å². The molecule has 3 rings (SSSR count). The first-order valence-corrected chi connectivity index (χ1v) is 5.79. The van der Waals surface area contributed by atoms with Gasteiger partial charge in [0.1, 0.15) is 6.10 Å². The first-order chi connectivity index (χ1) is 8.86. The van der Waals surface area contributed by atoms with Crippen LogP contribution in [-0.4, -0.2) is 15.1 Å². The zero-order valence-electron chi connectivity index (χ0n) is 9.69. The van der Waals surface area contributed by atoms with Gasteiger partial charge in [-0.25, -0.2) is 0 Å². The molecular weight excluding hydrogens is 224 g/mol. The highest BCUT2D eigenvalue weighted by Crippen LogP contribution is 2.26. The number of aliphatic hydroxyl groups excluding tert-OH is 1. The van der Waals surface area contributed by atoms with Crippen LogP contribution in [0.5, 0.6) is 0 Å². The minimum absolute atomic E-state index is 0.647. The highest BCUT2D eigenvalue weighted by molar-refractivity contribution is 5.82. The van der Waals surface area contributed by atoms with Crippen molar-refractivity contribution in [1.82, 2.24) is 9.97 Å². The normalized spacial score (nSPS) is 12.5. The summed E-state index contributed by atoms with van der Waals surface area (Å²) in [6.07, 6.45) is 2.67. The van der Waals surface area contributed by atoms with E-state index in [1.807, 2.05) is 48.5 Å². The quantitative estimate of drug-likeness (QED) is 0.744. The van der Waals surface area contributed by atoms with Crippen molar-refractivity contribution < 1.29 is 5.11 Å². The SMILES string of the molecule is O[C@@H](c1ccccn1)c1ccnc2ccccc12. The Bertz CT molecular complexity index is 662. The molecule has 18 heavy (non-hydrogen) atoms. The summed E-state index contributed by atoms with van der Waals surface area (Å²) in [6.45, 7) is 0. The standard InChI is InChI=1S/C15H12N2O/c18-15(14-7-3-4-9-16-14)12-8-10-17-13-6-2-1-5-11(12)13/h1-10,15,18H/t15-/m1/s1. The van der Waals surface area contributed by atoms with Gasteiger partial charge in [-0.3, -0.25) is 9.97 Å². The molecule has 0 spiro atoms. The number of para-hydroxylation sites is 1. The topological polar surface area (TPSA) is 46.0 Å². The molecule has 0 aliphatic carbocycles. The van der Waals surface area contributed by atoms with Crippen LogP contribution >= 0.6 is 0 Å². The van der Waals surface area contributed by atoms with Crippen molar-refractivity contribution in [2.75, 3.05) is 0 Å². The van der Waals surface area contributed by atoms with Crippen LogP contribution in [0.4, 0.5) is 0 Å². The Morgan fingerprint density at radius 3 is 2.50 bits per heavy atom. The maximum atomic E-state index is 10.4. The van der Waals surface area contributed by atoms with Gasteiger partial charge in [0.2, 0.25) is 0 Å². The number of hydrogen-bond acceptors (Lipinski definition) is 3. The lowest BCUT2D eigenvalue weighted by Gasteiger charge is -2.12. The minimum Gasteiger partial charge on any atom is -0.382 e. The highest BCUT2D eigenvalue weighted by atomic mass is 16.3. The summed E-state index contributed by atoms with van der Waals surface area (Å²) in [6, 6.07) is 15.1. The number of fused-ring (bicyclic) bond motifs is 1. The lowest BCUT2D eigenvalue weighted by atomic mass is 10.0. The van der Waals surface area contributed by atoms with Gasteiger partial charge in [-0.05, 0) is 29.8 Å². The Hall–Kier alpha value is -2.26. The molecule has 88 valence electrons. The van der Waals surface area contributed by atoms with Crippen LogP contribution < -0.4 is 0 Å². The second-order valence-electron chi connectivity index (χ2n) is 4.07. The summed E-state index contributed by atoms with van der Waals surface area (Å²) in [5.41, 5.74) is 2.36. The third-order valence-corrected chi connectivity index (χ3v) is 2.95. The molecule has 1 N–H and O–H groups in total. The van der Waals surface area contributed by atoms with Crippen molar-refractivity contribution >= 4 is 10.9 Å². The molecule has 3 aromatic rings. The first kappa shape index (κ1) is 10.9. The van der Waals surface area contributed by atoms with Crippen molar-refractivity contribution in [3.8, 4) is 0 Å². The van der Waals surface area contributed by atoms with E-state index in [1.54, 1.807) is 12.4 Å². The van der Waals surface area contributed by atoms with Crippen LogP contribution in [0.25, 0.3) is 10.9 Å². The molecule has 0 saturated heterocycles. The molecule has 0 amide bonds. The van der Waals surface area contributed by atoms with Crippen LogP contribution in [-0.2, 0) is 0 Å².